The zero-order chi connectivity index (χ0) is 18.8. The SMILES string of the molecule is COCCNC(=S)NC(=O)c1ccc(OCCc2ccccc2)c(Br)c1. The molecule has 0 saturated carbocycles. The van der Waals surface area contributed by atoms with Crippen molar-refractivity contribution in [2.75, 3.05) is 26.9 Å². The average Bonchev–Trinajstić information content (AvgIpc) is 2.64. The lowest BCUT2D eigenvalue weighted by molar-refractivity contribution is 0.0976. The molecule has 0 heterocycles. The van der Waals surface area contributed by atoms with Gasteiger partial charge in [0.05, 0.1) is 17.7 Å². The van der Waals surface area contributed by atoms with Crippen LogP contribution in [0.5, 0.6) is 5.75 Å². The van der Waals surface area contributed by atoms with Crippen molar-refractivity contribution in [3.05, 3.63) is 64.1 Å². The van der Waals surface area contributed by atoms with Crippen LogP contribution in [-0.2, 0) is 11.2 Å². The Hall–Kier alpha value is -1.96. The number of halogens is 1. The van der Waals surface area contributed by atoms with Crippen LogP contribution in [0.3, 0.4) is 0 Å². The molecular weight excluding hydrogens is 416 g/mol. The third-order valence-electron chi connectivity index (χ3n) is 3.50. The van der Waals surface area contributed by atoms with Crippen molar-refractivity contribution in [3.63, 3.8) is 0 Å². The maximum atomic E-state index is 12.2. The van der Waals surface area contributed by atoms with E-state index in [1.54, 1.807) is 25.3 Å². The van der Waals surface area contributed by atoms with E-state index in [1.807, 2.05) is 18.2 Å². The molecule has 26 heavy (non-hydrogen) atoms. The predicted molar refractivity (Wildman–Crippen MR) is 110 cm³/mol. The third kappa shape index (κ3) is 6.74. The van der Waals surface area contributed by atoms with E-state index in [9.17, 15) is 4.79 Å². The molecule has 2 rings (SSSR count). The number of rotatable bonds is 8. The van der Waals surface area contributed by atoms with Gasteiger partial charge in [-0.3, -0.25) is 10.1 Å². The molecule has 0 aliphatic carbocycles. The van der Waals surface area contributed by atoms with Gasteiger partial charge in [-0.2, -0.15) is 0 Å². The van der Waals surface area contributed by atoms with Gasteiger partial charge in [-0.1, -0.05) is 30.3 Å². The van der Waals surface area contributed by atoms with Gasteiger partial charge >= 0.3 is 0 Å². The summed E-state index contributed by atoms with van der Waals surface area (Å²) in [7, 11) is 1.60. The van der Waals surface area contributed by atoms with E-state index in [4.69, 9.17) is 21.7 Å². The van der Waals surface area contributed by atoms with Crippen molar-refractivity contribution >= 4 is 39.2 Å². The molecule has 0 aromatic heterocycles. The van der Waals surface area contributed by atoms with E-state index in [1.165, 1.54) is 5.56 Å². The molecule has 5 nitrogen and oxygen atoms in total. The van der Waals surface area contributed by atoms with E-state index < -0.39 is 0 Å². The molecule has 2 N–H and O–H groups in total. The summed E-state index contributed by atoms with van der Waals surface area (Å²) in [6.07, 6.45) is 0.816. The van der Waals surface area contributed by atoms with Gasteiger partial charge in [-0.15, -0.1) is 0 Å². The van der Waals surface area contributed by atoms with Crippen LogP contribution in [0, 0.1) is 0 Å². The summed E-state index contributed by atoms with van der Waals surface area (Å²) >= 11 is 8.52. The summed E-state index contributed by atoms with van der Waals surface area (Å²) in [5, 5.41) is 5.79. The molecule has 0 saturated heterocycles. The second-order valence-electron chi connectivity index (χ2n) is 5.43. The molecule has 2 aromatic rings. The first-order valence-electron chi connectivity index (χ1n) is 8.14. The van der Waals surface area contributed by atoms with Crippen molar-refractivity contribution in [1.29, 1.82) is 0 Å². The number of methoxy groups -OCH3 is 1. The van der Waals surface area contributed by atoms with Gasteiger partial charge in [0.2, 0.25) is 0 Å². The minimum absolute atomic E-state index is 0.270. The Labute approximate surface area is 167 Å². The van der Waals surface area contributed by atoms with E-state index in [2.05, 4.69) is 38.7 Å². The van der Waals surface area contributed by atoms with Crippen molar-refractivity contribution in [1.82, 2.24) is 10.6 Å². The highest BCUT2D eigenvalue weighted by atomic mass is 79.9. The van der Waals surface area contributed by atoms with Crippen LogP contribution in [0.1, 0.15) is 15.9 Å². The summed E-state index contributed by atoms with van der Waals surface area (Å²) in [6.45, 7) is 1.60. The van der Waals surface area contributed by atoms with Crippen molar-refractivity contribution in [3.8, 4) is 5.75 Å². The summed E-state index contributed by atoms with van der Waals surface area (Å²) in [6, 6.07) is 15.3. The number of nitrogens with one attached hydrogen (secondary N) is 2. The highest BCUT2D eigenvalue weighted by molar-refractivity contribution is 9.10. The van der Waals surface area contributed by atoms with Crippen LogP contribution >= 0.6 is 28.1 Å². The predicted octanol–water partition coefficient (Wildman–Crippen LogP) is 3.32. The first-order chi connectivity index (χ1) is 12.6. The first-order valence-corrected chi connectivity index (χ1v) is 9.34. The first kappa shape index (κ1) is 20.4. The third-order valence-corrected chi connectivity index (χ3v) is 4.37. The van der Waals surface area contributed by atoms with E-state index in [0.717, 1.165) is 10.9 Å². The topological polar surface area (TPSA) is 59.6 Å². The number of ether oxygens (including phenoxy) is 2. The molecule has 7 heteroatoms. The highest BCUT2D eigenvalue weighted by Crippen LogP contribution is 2.26. The Kier molecular flexibility index (Phi) is 8.53. The summed E-state index contributed by atoms with van der Waals surface area (Å²) in [5.41, 5.74) is 1.71. The van der Waals surface area contributed by atoms with Gasteiger partial charge in [0.1, 0.15) is 5.75 Å². The number of amides is 1. The van der Waals surface area contributed by atoms with Gasteiger partial charge in [-0.05, 0) is 51.9 Å². The van der Waals surface area contributed by atoms with Gasteiger partial charge in [0, 0.05) is 25.6 Å². The number of hydrogen-bond acceptors (Lipinski definition) is 4. The summed E-state index contributed by atoms with van der Waals surface area (Å²) < 4.78 is 11.4. The fourth-order valence-corrected chi connectivity index (χ4v) is 2.86. The number of hydrogen-bond donors (Lipinski definition) is 2. The van der Waals surface area contributed by atoms with Crippen LogP contribution in [0.15, 0.2) is 53.0 Å². The normalized spacial score (nSPS) is 10.2. The molecule has 0 aliphatic heterocycles. The molecule has 0 radical (unpaired) electrons. The fourth-order valence-electron chi connectivity index (χ4n) is 2.17. The molecule has 0 unspecified atom stereocenters. The zero-order valence-electron chi connectivity index (χ0n) is 14.5. The molecule has 0 spiro atoms. The summed E-state index contributed by atoms with van der Waals surface area (Å²) in [4.78, 5) is 12.2. The minimum Gasteiger partial charge on any atom is -0.492 e. The Morgan fingerprint density at radius 1 is 1.15 bits per heavy atom. The zero-order valence-corrected chi connectivity index (χ0v) is 16.9. The monoisotopic (exact) mass is 436 g/mol. The van der Waals surface area contributed by atoms with Crippen LogP contribution in [-0.4, -0.2) is 37.9 Å². The quantitative estimate of drug-likeness (QED) is 0.490. The Balaban J connectivity index is 1.85. The minimum atomic E-state index is -0.281. The highest BCUT2D eigenvalue weighted by Gasteiger charge is 2.11. The lowest BCUT2D eigenvalue weighted by atomic mass is 10.2. The van der Waals surface area contributed by atoms with Gasteiger partial charge < -0.3 is 14.8 Å². The number of benzene rings is 2. The molecule has 138 valence electrons. The number of carbonyl (C=O) groups excluding carboxylic acids is 1. The van der Waals surface area contributed by atoms with Crippen molar-refractivity contribution in [2.45, 2.75) is 6.42 Å². The Bertz CT molecular complexity index is 741. The molecule has 1 amide bonds. The van der Waals surface area contributed by atoms with Gasteiger partial charge in [0.25, 0.3) is 5.91 Å². The van der Waals surface area contributed by atoms with Crippen LogP contribution in [0.4, 0.5) is 0 Å². The Morgan fingerprint density at radius 2 is 1.92 bits per heavy atom. The number of carbonyl (C=O) groups is 1. The largest absolute Gasteiger partial charge is 0.492 e. The van der Waals surface area contributed by atoms with Crippen molar-refractivity contribution < 1.29 is 14.3 Å². The lowest BCUT2D eigenvalue weighted by Gasteiger charge is -2.11. The second-order valence-corrected chi connectivity index (χ2v) is 6.69. The summed E-state index contributed by atoms with van der Waals surface area (Å²) in [5.74, 6) is 0.412. The number of thiocarbonyl (C=S) groups is 1. The maximum absolute atomic E-state index is 12.2. The average molecular weight is 437 g/mol. The molecule has 0 aliphatic rings. The fraction of sp³-hybridized carbons (Fsp3) is 0.263. The molecule has 0 fully saturated rings. The smallest absolute Gasteiger partial charge is 0.257 e. The van der Waals surface area contributed by atoms with Crippen molar-refractivity contribution in [2.24, 2.45) is 0 Å². The van der Waals surface area contributed by atoms with Crippen LogP contribution < -0.4 is 15.4 Å². The van der Waals surface area contributed by atoms with E-state index in [0.29, 0.717) is 31.1 Å². The Morgan fingerprint density at radius 3 is 2.62 bits per heavy atom. The van der Waals surface area contributed by atoms with E-state index >= 15 is 0 Å². The van der Waals surface area contributed by atoms with Gasteiger partial charge in [0.15, 0.2) is 5.11 Å². The second kappa shape index (κ2) is 10.9. The molecule has 0 atom stereocenters. The molecule has 0 bridgehead atoms. The molecule has 2 aromatic carbocycles. The lowest BCUT2D eigenvalue weighted by Crippen LogP contribution is -2.40. The molecular formula is C19H21BrN2O3S. The van der Waals surface area contributed by atoms with Crippen LogP contribution in [0.2, 0.25) is 0 Å². The van der Waals surface area contributed by atoms with E-state index in [-0.39, 0.29) is 11.0 Å². The maximum Gasteiger partial charge on any atom is 0.257 e. The van der Waals surface area contributed by atoms with Crippen LogP contribution in [0.25, 0.3) is 0 Å². The standard InChI is InChI=1S/C19H21BrN2O3S/c1-24-12-10-21-19(26)22-18(23)15-7-8-17(16(20)13-15)25-11-9-14-5-3-2-4-6-14/h2-8,13H,9-12H2,1H3,(H2,21,22,23,26). The van der Waals surface area contributed by atoms with Gasteiger partial charge in [-0.25, -0.2) is 0 Å².